The van der Waals surface area contributed by atoms with Crippen LogP contribution in [0, 0.1) is 0 Å². The molecule has 0 saturated carbocycles. The lowest BCUT2D eigenvalue weighted by atomic mass is 9.99. The van der Waals surface area contributed by atoms with E-state index in [1.165, 1.54) is 11.4 Å². The molecule has 1 aliphatic heterocycles. The molecule has 4 rings (SSSR count). The Morgan fingerprint density at radius 3 is 2.60 bits per heavy atom. The Hall–Kier alpha value is -2.76. The number of carbonyl (C=O) groups is 1. The molecule has 0 spiro atoms. The summed E-state index contributed by atoms with van der Waals surface area (Å²) >= 11 is 0. The van der Waals surface area contributed by atoms with Crippen molar-refractivity contribution < 1.29 is 27.8 Å². The van der Waals surface area contributed by atoms with Crippen molar-refractivity contribution in [3.63, 3.8) is 0 Å². The summed E-state index contributed by atoms with van der Waals surface area (Å²) in [6, 6.07) is 14.2. The van der Waals surface area contributed by atoms with E-state index in [2.05, 4.69) is 22.8 Å². The highest BCUT2D eigenvalue weighted by molar-refractivity contribution is 7.89. The maximum absolute atomic E-state index is 13.9. The molecule has 2 bridgehead atoms. The van der Waals surface area contributed by atoms with Crippen LogP contribution in [0.25, 0.3) is 0 Å². The third-order valence-electron chi connectivity index (χ3n) is 8.62. The van der Waals surface area contributed by atoms with Crippen LogP contribution < -0.4 is 15.4 Å². The van der Waals surface area contributed by atoms with Gasteiger partial charge in [-0.25, -0.2) is 8.42 Å². The Morgan fingerprint density at radius 1 is 1.09 bits per heavy atom. The Kier molecular flexibility index (Phi) is 13.0. The first-order chi connectivity index (χ1) is 21.6. The maximum atomic E-state index is 13.9. The lowest BCUT2D eigenvalue weighted by molar-refractivity contribution is -0.126. The van der Waals surface area contributed by atoms with E-state index in [1.807, 2.05) is 69.3 Å². The summed E-state index contributed by atoms with van der Waals surface area (Å²) in [5.74, 6) is 0.379. The van der Waals surface area contributed by atoms with E-state index in [9.17, 15) is 18.3 Å². The van der Waals surface area contributed by atoms with Crippen molar-refractivity contribution >= 4 is 15.9 Å². The first-order valence-electron chi connectivity index (χ1n) is 16.4. The molecule has 0 radical (unpaired) electrons. The molecule has 3 N–H and O–H groups in total. The van der Waals surface area contributed by atoms with Gasteiger partial charge < -0.3 is 25.2 Å². The number of nitrogens with one attached hydrogen (secondary N) is 2. The molecule has 2 aromatic carbocycles. The first kappa shape index (κ1) is 35.1. The van der Waals surface area contributed by atoms with E-state index in [0.29, 0.717) is 38.7 Å². The number of nitrogens with zero attached hydrogens (tertiary/aromatic N) is 1. The zero-order valence-electron chi connectivity index (χ0n) is 27.2. The normalized spacial score (nSPS) is 25.6. The minimum Gasteiger partial charge on any atom is -0.491 e. The second kappa shape index (κ2) is 16.7. The summed E-state index contributed by atoms with van der Waals surface area (Å²) in [6.07, 6.45) is 7.06. The number of benzene rings is 2. The third-order valence-corrected chi connectivity index (χ3v) is 10.6. The molecule has 1 amide bonds. The van der Waals surface area contributed by atoms with Crippen LogP contribution in [-0.2, 0) is 26.0 Å². The number of sulfonamides is 1. The molecule has 0 saturated heterocycles. The van der Waals surface area contributed by atoms with Crippen LogP contribution in [0.3, 0.4) is 0 Å². The number of allylic oxidation sites excluding steroid dienone is 1. The van der Waals surface area contributed by atoms with Gasteiger partial charge in [-0.05, 0) is 74.8 Å². The predicted octanol–water partition coefficient (Wildman–Crippen LogP) is 4.82. The second-order valence-electron chi connectivity index (χ2n) is 12.5. The zero-order valence-corrected chi connectivity index (χ0v) is 28.0. The molecule has 1 heterocycles. The van der Waals surface area contributed by atoms with E-state index < -0.39 is 34.1 Å². The quantitative estimate of drug-likeness (QED) is 0.252. The van der Waals surface area contributed by atoms with Crippen molar-refractivity contribution in [3.8, 4) is 5.75 Å². The number of amides is 1. The number of likely N-dealkylation sites (N-methyl/N-ethyl adjacent to an activating group) is 1. The first-order valence-corrected chi connectivity index (χ1v) is 18.0. The minimum atomic E-state index is -3.65. The zero-order chi connectivity index (χ0) is 32.4. The highest BCUT2D eigenvalue weighted by atomic mass is 32.2. The van der Waals surface area contributed by atoms with E-state index in [1.54, 1.807) is 0 Å². The Morgan fingerprint density at radius 2 is 1.87 bits per heavy atom. The molecule has 248 valence electrons. The molecule has 10 heteroatoms. The van der Waals surface area contributed by atoms with Crippen molar-refractivity contribution in [1.82, 2.24) is 14.9 Å². The van der Waals surface area contributed by atoms with E-state index in [-0.39, 0.29) is 30.5 Å². The largest absolute Gasteiger partial charge is 0.491 e. The van der Waals surface area contributed by atoms with Gasteiger partial charge in [-0.1, -0.05) is 68.3 Å². The summed E-state index contributed by atoms with van der Waals surface area (Å²) in [5, 5.41) is 18.2. The Bertz CT molecular complexity index is 1370. The third kappa shape index (κ3) is 9.86. The fraction of sp³-hybridized carbons (Fsp3) is 0.571. The number of hydrogen-bond acceptors (Lipinski definition) is 7. The second-order valence-corrected chi connectivity index (χ2v) is 14.6. The molecular weight excluding hydrogens is 590 g/mol. The van der Waals surface area contributed by atoms with E-state index >= 15 is 0 Å². The molecule has 0 fully saturated rings. The summed E-state index contributed by atoms with van der Waals surface area (Å²) in [6.45, 7) is 6.63. The van der Waals surface area contributed by atoms with Gasteiger partial charge in [0.15, 0.2) is 0 Å². The van der Waals surface area contributed by atoms with Crippen LogP contribution in [0.5, 0.6) is 5.75 Å². The van der Waals surface area contributed by atoms with Gasteiger partial charge in [0.05, 0.1) is 36.7 Å². The van der Waals surface area contributed by atoms with Crippen molar-refractivity contribution in [2.24, 2.45) is 0 Å². The van der Waals surface area contributed by atoms with Crippen LogP contribution in [-0.4, -0.2) is 74.0 Å². The molecule has 1 aliphatic carbocycles. The van der Waals surface area contributed by atoms with Gasteiger partial charge in [0.25, 0.3) is 0 Å². The molecule has 45 heavy (non-hydrogen) atoms. The van der Waals surface area contributed by atoms with Gasteiger partial charge in [0.2, 0.25) is 15.9 Å². The van der Waals surface area contributed by atoms with Crippen molar-refractivity contribution in [2.45, 2.75) is 102 Å². The minimum absolute atomic E-state index is 0.00194. The highest BCUT2D eigenvalue weighted by Gasteiger charge is 2.35. The number of rotatable bonds is 10. The van der Waals surface area contributed by atoms with Crippen LogP contribution in [0.2, 0.25) is 0 Å². The lowest BCUT2D eigenvalue weighted by Crippen LogP contribution is -2.55. The number of ether oxygens (including phenoxy) is 2. The molecule has 9 nitrogen and oxygen atoms in total. The lowest BCUT2D eigenvalue weighted by Gasteiger charge is -2.31. The standard InChI is InChI=1S/C35H51N3O6S/c1-5-6-13-20-45(41,42)38(4)32-16-11-8-12-19-43-34-23-30(29-22-27(44-25(2)3)17-18-28(29)34)36-24-33(39)31(37-35(32)40)21-26-14-9-7-10-15-26/h7-10,12,14-15,17-18,22,25,30-34,36,39H,5-6,11,13,16,19-21,23-24H2,1-4H3,(H,37,40)/b12-8+/t30-,31-,32-,33+,34+/m0/s1. The van der Waals surface area contributed by atoms with Crippen LogP contribution in [0.1, 0.15) is 88.1 Å². The number of β-amino-alcohol motifs (C(OH)–C–C–N with tert-alkyl or cyclic N) is 1. The van der Waals surface area contributed by atoms with Gasteiger partial charge in [-0.3, -0.25) is 4.79 Å². The molecule has 2 aliphatic rings. The number of aliphatic hydroxyl groups is 1. The van der Waals surface area contributed by atoms with Crippen molar-refractivity contribution in [2.75, 3.05) is 26.0 Å². The number of aliphatic hydroxyl groups excluding tert-OH is 1. The van der Waals surface area contributed by atoms with E-state index in [0.717, 1.165) is 35.3 Å². The summed E-state index contributed by atoms with van der Waals surface area (Å²) in [5.41, 5.74) is 3.14. The fourth-order valence-electron chi connectivity index (χ4n) is 6.11. The van der Waals surface area contributed by atoms with Gasteiger partial charge in [-0.2, -0.15) is 4.31 Å². The number of carbonyl (C=O) groups excluding carboxylic acids is 1. The van der Waals surface area contributed by atoms with Gasteiger partial charge in [-0.15, -0.1) is 0 Å². The van der Waals surface area contributed by atoms with E-state index in [4.69, 9.17) is 9.47 Å². The molecule has 0 aromatic heterocycles. The SMILES string of the molecule is CCCCCS(=O)(=O)N(C)[C@H]1CC/C=C/CO[C@@H]2C[C@H](NC[C@@H](O)[C@H](Cc3ccccc3)NC1=O)c1cc(OC(C)C)ccc12. The topological polar surface area (TPSA) is 117 Å². The molecule has 2 aromatic rings. The van der Waals surface area contributed by atoms with Crippen LogP contribution in [0.15, 0.2) is 60.7 Å². The predicted molar refractivity (Wildman–Crippen MR) is 178 cm³/mol. The average Bonchev–Trinajstić information content (AvgIpc) is 3.35. The number of hydrogen-bond donors (Lipinski definition) is 3. The highest BCUT2D eigenvalue weighted by Crippen LogP contribution is 2.42. The number of unbranched alkanes of at least 4 members (excludes halogenated alkanes) is 2. The average molecular weight is 642 g/mol. The molecular formula is C35H51N3O6S. The summed E-state index contributed by atoms with van der Waals surface area (Å²) < 4.78 is 40.0. The Labute approximate surface area is 269 Å². The summed E-state index contributed by atoms with van der Waals surface area (Å²) in [7, 11) is -2.16. The Balaban J connectivity index is 1.61. The smallest absolute Gasteiger partial charge is 0.238 e. The van der Waals surface area contributed by atoms with Crippen molar-refractivity contribution in [1.29, 1.82) is 0 Å². The maximum Gasteiger partial charge on any atom is 0.238 e. The molecule has 0 unspecified atom stereocenters. The van der Waals surface area contributed by atoms with Gasteiger partial charge in [0, 0.05) is 19.6 Å². The van der Waals surface area contributed by atoms with Gasteiger partial charge in [0.1, 0.15) is 11.8 Å². The fourth-order valence-corrected chi connectivity index (χ4v) is 7.56. The molecule has 5 atom stereocenters. The van der Waals surface area contributed by atoms with Gasteiger partial charge >= 0.3 is 0 Å². The van der Waals surface area contributed by atoms with Crippen molar-refractivity contribution in [3.05, 3.63) is 77.4 Å². The number of fused-ring (bicyclic) bond motifs is 5. The van der Waals surface area contributed by atoms with Crippen LogP contribution >= 0.6 is 0 Å². The van der Waals surface area contributed by atoms with Crippen LogP contribution in [0.4, 0.5) is 0 Å². The summed E-state index contributed by atoms with van der Waals surface area (Å²) in [4.78, 5) is 13.9. The monoisotopic (exact) mass is 641 g/mol.